The van der Waals surface area contributed by atoms with Crippen molar-refractivity contribution in [3.8, 4) is 11.8 Å². The molecule has 0 spiro atoms. The highest BCUT2D eigenvalue weighted by Crippen LogP contribution is 2.50. The number of aromatic nitrogens is 3. The van der Waals surface area contributed by atoms with Gasteiger partial charge in [-0.3, -0.25) is 18.9 Å². The molecule has 1 saturated heterocycles. The topological polar surface area (TPSA) is 205 Å². The monoisotopic (exact) mass is 727 g/mol. The van der Waals surface area contributed by atoms with Gasteiger partial charge < -0.3 is 28.4 Å². The molecule has 3 heterocycles. The lowest BCUT2D eigenvalue weighted by molar-refractivity contribution is -0.173. The third-order valence-electron chi connectivity index (χ3n) is 7.51. The number of carbonyl (C=O) groups excluding carboxylic acids is 3. The average Bonchev–Trinajstić information content (AvgIpc) is 3.65. The number of benzene rings is 1. The Morgan fingerprint density at radius 1 is 1.08 bits per heavy atom. The number of hydrogen-bond acceptors (Lipinski definition) is 14. The average molecular weight is 728 g/mol. The number of ether oxygens (including phenoxy) is 4. The van der Waals surface area contributed by atoms with Gasteiger partial charge in [-0.1, -0.05) is 45.9 Å². The van der Waals surface area contributed by atoms with Crippen LogP contribution in [0.2, 0.25) is 0 Å². The first kappa shape index (κ1) is 38.9. The molecule has 1 fully saturated rings. The van der Waals surface area contributed by atoms with E-state index in [0.717, 1.165) is 7.11 Å². The Hall–Kier alpha value is -4.88. The van der Waals surface area contributed by atoms with Crippen LogP contribution in [0, 0.1) is 23.2 Å². The summed E-state index contributed by atoms with van der Waals surface area (Å²) in [6, 6.07) is 12.1. The number of nitrogens with zero attached hydrogens (tertiary/aromatic N) is 6. The Morgan fingerprint density at radius 3 is 2.35 bits per heavy atom. The Kier molecular flexibility index (Phi) is 12.5. The summed E-state index contributed by atoms with van der Waals surface area (Å²) in [4.78, 5) is 49.0. The quantitative estimate of drug-likeness (QED) is 0.0778. The van der Waals surface area contributed by atoms with Crippen LogP contribution < -0.4 is 9.61 Å². The molecule has 0 saturated carbocycles. The van der Waals surface area contributed by atoms with E-state index in [0.29, 0.717) is 17.0 Å². The van der Waals surface area contributed by atoms with Crippen LogP contribution in [-0.4, -0.2) is 95.4 Å². The minimum absolute atomic E-state index is 0.111. The van der Waals surface area contributed by atoms with Crippen LogP contribution in [0.5, 0.6) is 5.75 Å². The molecule has 6 atom stereocenters. The number of esters is 3. The van der Waals surface area contributed by atoms with E-state index in [2.05, 4.69) is 20.2 Å². The molecular weight excluding hydrogens is 685 g/mol. The summed E-state index contributed by atoms with van der Waals surface area (Å²) in [7, 11) is 0.211. The molecule has 18 heteroatoms. The van der Waals surface area contributed by atoms with Crippen LogP contribution in [-0.2, 0) is 42.4 Å². The predicted molar refractivity (Wildman–Crippen MR) is 182 cm³/mol. The number of nitrogens with one attached hydrogen (secondary N) is 1. The molecule has 51 heavy (non-hydrogen) atoms. The molecule has 17 nitrogen and oxygen atoms in total. The molecule has 1 aliphatic rings. The summed E-state index contributed by atoms with van der Waals surface area (Å²) < 4.78 is 50.3. The van der Waals surface area contributed by atoms with Crippen molar-refractivity contribution in [2.75, 3.05) is 27.8 Å². The standard InChI is InChI=1S/C33H42N7O10P/c1-20(2)30(41)47-27-26(24-14-15-25-29(36-19-39(6)7)35-18-37-40(24)25)49-33(16-34,28(27)48-31(42)21(3)4)17-46-51(44,38-22(5)32(43)45-8)50-23-12-10-9-11-13-23/h9-15,18-22,26-28H,17H2,1-8H3,(H,38,44)/t22-,26-,27-,28-,33+,51-/m0/s1. The van der Waals surface area contributed by atoms with Gasteiger partial charge in [0.25, 0.3) is 0 Å². The van der Waals surface area contributed by atoms with Crippen molar-refractivity contribution in [2.45, 2.75) is 64.6 Å². The number of nitriles is 1. The first-order valence-electron chi connectivity index (χ1n) is 16.0. The number of methoxy groups -OCH3 is 1. The number of hydrogen-bond donors (Lipinski definition) is 1. The second-order valence-electron chi connectivity index (χ2n) is 12.5. The van der Waals surface area contributed by atoms with Crippen LogP contribution in [0.1, 0.15) is 46.4 Å². The second kappa shape index (κ2) is 16.4. The van der Waals surface area contributed by atoms with Gasteiger partial charge in [0.15, 0.2) is 18.0 Å². The lowest BCUT2D eigenvalue weighted by Gasteiger charge is -2.31. The predicted octanol–water partition coefficient (Wildman–Crippen LogP) is 3.77. The second-order valence-corrected chi connectivity index (χ2v) is 14.2. The fraction of sp³-hybridized carbons (Fsp3) is 0.485. The van der Waals surface area contributed by atoms with Crippen molar-refractivity contribution < 1.29 is 46.9 Å². The molecule has 4 rings (SSSR count). The largest absolute Gasteiger partial charge is 0.468 e. The molecule has 0 amide bonds. The summed E-state index contributed by atoms with van der Waals surface area (Å²) in [6.07, 6.45) is -1.51. The first-order valence-corrected chi connectivity index (χ1v) is 17.6. The lowest BCUT2D eigenvalue weighted by atomic mass is 9.95. The molecule has 274 valence electrons. The number of fused-ring (bicyclic) bond motifs is 1. The van der Waals surface area contributed by atoms with E-state index in [4.69, 9.17) is 28.0 Å². The van der Waals surface area contributed by atoms with Crippen LogP contribution in [0.3, 0.4) is 0 Å². The van der Waals surface area contributed by atoms with Crippen molar-refractivity contribution in [1.29, 1.82) is 5.26 Å². The molecule has 0 unspecified atom stereocenters. The van der Waals surface area contributed by atoms with E-state index < -0.39 is 74.1 Å². The maximum Gasteiger partial charge on any atom is 0.459 e. The van der Waals surface area contributed by atoms with Crippen molar-refractivity contribution in [1.82, 2.24) is 24.6 Å². The molecule has 0 radical (unpaired) electrons. The molecule has 0 bridgehead atoms. The van der Waals surface area contributed by atoms with Gasteiger partial charge in [-0.2, -0.15) is 15.4 Å². The van der Waals surface area contributed by atoms with Crippen molar-refractivity contribution in [3.63, 3.8) is 0 Å². The SMILES string of the molecule is COC(=O)[C@H](C)N[P@](=O)(OC[C@@]1(C#N)O[C@@H](c2ccc3c(N=CN(C)C)ncnn23)[C@H](OC(=O)C(C)C)[C@@H]1OC(=O)C(C)C)Oc1ccccc1. The van der Waals surface area contributed by atoms with Crippen molar-refractivity contribution in [2.24, 2.45) is 16.8 Å². The summed E-state index contributed by atoms with van der Waals surface area (Å²) >= 11 is 0. The maximum atomic E-state index is 14.3. The fourth-order valence-electron chi connectivity index (χ4n) is 4.85. The maximum absolute atomic E-state index is 14.3. The van der Waals surface area contributed by atoms with Gasteiger partial charge in [0.05, 0.1) is 31.0 Å². The first-order chi connectivity index (χ1) is 24.1. The Morgan fingerprint density at radius 2 is 1.75 bits per heavy atom. The highest BCUT2D eigenvalue weighted by molar-refractivity contribution is 7.52. The smallest absolute Gasteiger partial charge is 0.459 e. The number of para-hydroxylation sites is 1. The van der Waals surface area contributed by atoms with E-state index in [1.165, 1.54) is 29.9 Å². The molecule has 2 aromatic heterocycles. The third kappa shape index (κ3) is 9.08. The molecule has 3 aromatic rings. The van der Waals surface area contributed by atoms with E-state index in [1.54, 1.807) is 83.4 Å². The molecule has 1 N–H and O–H groups in total. The van der Waals surface area contributed by atoms with Crippen molar-refractivity contribution in [3.05, 3.63) is 54.5 Å². The van der Waals surface area contributed by atoms with Gasteiger partial charge >= 0.3 is 25.7 Å². The van der Waals surface area contributed by atoms with Gasteiger partial charge in [0.1, 0.15) is 42.4 Å². The van der Waals surface area contributed by atoms with Crippen molar-refractivity contribution >= 4 is 43.3 Å². The van der Waals surface area contributed by atoms with Gasteiger partial charge in [-0.15, -0.1) is 0 Å². The van der Waals surface area contributed by atoms with Gasteiger partial charge in [0, 0.05) is 14.1 Å². The Balaban J connectivity index is 1.84. The summed E-state index contributed by atoms with van der Waals surface area (Å²) in [5.74, 6) is -3.06. The molecular formula is C33H42N7O10P. The summed E-state index contributed by atoms with van der Waals surface area (Å²) in [5, 5.41) is 17.7. The summed E-state index contributed by atoms with van der Waals surface area (Å²) in [6.45, 7) is 6.92. The number of carbonyl (C=O) groups is 3. The van der Waals surface area contributed by atoms with Crippen LogP contribution in [0.15, 0.2) is 53.8 Å². The van der Waals surface area contributed by atoms with E-state index in [9.17, 15) is 24.2 Å². The van der Waals surface area contributed by atoms with Gasteiger partial charge in [-0.05, 0) is 31.2 Å². The Bertz CT molecular complexity index is 1830. The highest BCUT2D eigenvalue weighted by Gasteiger charge is 2.62. The third-order valence-corrected chi connectivity index (χ3v) is 9.13. The fourth-order valence-corrected chi connectivity index (χ4v) is 6.37. The van der Waals surface area contributed by atoms with Gasteiger partial charge in [0.2, 0.25) is 5.60 Å². The molecule has 1 aliphatic heterocycles. The molecule has 0 aliphatic carbocycles. The summed E-state index contributed by atoms with van der Waals surface area (Å²) in [5.41, 5.74) is -1.52. The van der Waals surface area contributed by atoms with E-state index in [1.807, 2.05) is 6.07 Å². The minimum atomic E-state index is -4.53. The zero-order valence-electron chi connectivity index (χ0n) is 29.6. The van der Waals surface area contributed by atoms with E-state index >= 15 is 0 Å². The molecule has 1 aromatic carbocycles. The van der Waals surface area contributed by atoms with Crippen LogP contribution in [0.4, 0.5) is 5.82 Å². The number of aliphatic imine (C=N–C) groups is 1. The van der Waals surface area contributed by atoms with Gasteiger partial charge in [-0.25, -0.2) is 19.1 Å². The minimum Gasteiger partial charge on any atom is -0.468 e. The lowest BCUT2D eigenvalue weighted by Crippen LogP contribution is -2.50. The normalized spacial score (nSPS) is 22.0. The van der Waals surface area contributed by atoms with Crippen LogP contribution >= 0.6 is 7.75 Å². The Labute approximate surface area is 295 Å². The zero-order valence-corrected chi connectivity index (χ0v) is 30.5. The van der Waals surface area contributed by atoms with Crippen LogP contribution in [0.25, 0.3) is 5.52 Å². The number of rotatable bonds is 15. The van der Waals surface area contributed by atoms with E-state index in [-0.39, 0.29) is 5.75 Å². The zero-order chi connectivity index (χ0) is 37.5. The highest BCUT2D eigenvalue weighted by atomic mass is 31.2.